The van der Waals surface area contributed by atoms with Gasteiger partial charge in [0, 0.05) is 6.20 Å². The van der Waals surface area contributed by atoms with Gasteiger partial charge in [0.25, 0.3) is 5.56 Å². The summed E-state index contributed by atoms with van der Waals surface area (Å²) >= 11 is 7.41. The maximum atomic E-state index is 12.2. The van der Waals surface area contributed by atoms with E-state index in [0.717, 1.165) is 6.20 Å². The van der Waals surface area contributed by atoms with E-state index in [0.29, 0.717) is 26.8 Å². The number of anilines is 1. The number of carbonyl (C=O) groups is 1. The second kappa shape index (κ2) is 7.89. The van der Waals surface area contributed by atoms with Gasteiger partial charge in [0.2, 0.25) is 5.91 Å². The van der Waals surface area contributed by atoms with Crippen molar-refractivity contribution in [1.29, 1.82) is 0 Å². The van der Waals surface area contributed by atoms with E-state index in [4.69, 9.17) is 11.6 Å². The van der Waals surface area contributed by atoms with Gasteiger partial charge in [0.05, 0.1) is 28.0 Å². The van der Waals surface area contributed by atoms with Crippen LogP contribution in [0.25, 0.3) is 16.7 Å². The van der Waals surface area contributed by atoms with Crippen LogP contribution in [0.4, 0.5) is 5.69 Å². The van der Waals surface area contributed by atoms with Gasteiger partial charge in [-0.05, 0) is 12.1 Å². The third-order valence-electron chi connectivity index (χ3n) is 3.84. The predicted molar refractivity (Wildman–Crippen MR) is 109 cm³/mol. The molecule has 0 fully saturated rings. The number of aromatic nitrogens is 6. The second-order valence-electron chi connectivity index (χ2n) is 5.75. The topological polar surface area (TPSA) is 138 Å². The van der Waals surface area contributed by atoms with Crippen LogP contribution < -0.4 is 16.6 Å². The zero-order valence-electron chi connectivity index (χ0n) is 14.5. The van der Waals surface area contributed by atoms with E-state index in [1.54, 1.807) is 16.9 Å². The minimum absolute atomic E-state index is 0.0120. The Morgan fingerprint density at radius 1 is 1.24 bits per heavy atom. The molecule has 0 saturated carbocycles. The standard InChI is InChI=1S/C17H12ClN7O3S/c18-10-3-1-2-4-12(10)25-14-9(5-22-25)16(21-8-20-14)29-7-13(26)23-11-6-19-17(28)24-15(11)27/h1-6,8H,7H2,(H,23,26)(H2,19,24,27,28). The fourth-order valence-corrected chi connectivity index (χ4v) is 3.54. The molecular weight excluding hydrogens is 418 g/mol. The average Bonchev–Trinajstić information content (AvgIpc) is 3.13. The molecule has 3 N–H and O–H groups in total. The molecule has 0 radical (unpaired) electrons. The van der Waals surface area contributed by atoms with E-state index < -0.39 is 17.2 Å². The summed E-state index contributed by atoms with van der Waals surface area (Å²) in [6.07, 6.45) is 4.12. The number of hydrogen-bond donors (Lipinski definition) is 3. The van der Waals surface area contributed by atoms with Gasteiger partial charge in [-0.15, -0.1) is 0 Å². The van der Waals surface area contributed by atoms with Crippen LogP contribution in [0, 0.1) is 0 Å². The summed E-state index contributed by atoms with van der Waals surface area (Å²) in [4.78, 5) is 47.7. The Morgan fingerprint density at radius 2 is 2.07 bits per heavy atom. The quantitative estimate of drug-likeness (QED) is 0.323. The monoisotopic (exact) mass is 429 g/mol. The molecule has 4 aromatic rings. The number of para-hydroxylation sites is 1. The number of fused-ring (bicyclic) bond motifs is 1. The Morgan fingerprint density at radius 3 is 2.86 bits per heavy atom. The number of thioether (sulfide) groups is 1. The Labute approximate surface area is 171 Å². The molecule has 0 aliphatic heterocycles. The zero-order valence-corrected chi connectivity index (χ0v) is 16.1. The molecule has 0 atom stereocenters. The number of carbonyl (C=O) groups excluding carboxylic acids is 1. The molecule has 0 aliphatic rings. The number of benzene rings is 1. The molecule has 0 unspecified atom stereocenters. The van der Waals surface area contributed by atoms with Crippen molar-refractivity contribution < 1.29 is 4.79 Å². The van der Waals surface area contributed by atoms with Crippen molar-refractivity contribution in [3.63, 3.8) is 0 Å². The highest BCUT2D eigenvalue weighted by Gasteiger charge is 2.15. The van der Waals surface area contributed by atoms with Gasteiger partial charge in [-0.25, -0.2) is 19.4 Å². The Hall–Kier alpha value is -3.44. The largest absolute Gasteiger partial charge is 0.325 e. The van der Waals surface area contributed by atoms with Crippen LogP contribution in [-0.2, 0) is 4.79 Å². The Bertz CT molecular complexity index is 1330. The van der Waals surface area contributed by atoms with Crippen molar-refractivity contribution in [2.75, 3.05) is 11.1 Å². The van der Waals surface area contributed by atoms with Gasteiger partial charge in [0.1, 0.15) is 17.0 Å². The lowest BCUT2D eigenvalue weighted by Gasteiger charge is -2.06. The molecule has 3 aromatic heterocycles. The van der Waals surface area contributed by atoms with Gasteiger partial charge in [-0.2, -0.15) is 5.10 Å². The van der Waals surface area contributed by atoms with E-state index >= 15 is 0 Å². The van der Waals surface area contributed by atoms with Crippen molar-refractivity contribution >= 4 is 46.0 Å². The van der Waals surface area contributed by atoms with E-state index in [9.17, 15) is 14.4 Å². The van der Waals surface area contributed by atoms with E-state index in [1.807, 2.05) is 23.2 Å². The maximum Gasteiger partial charge on any atom is 0.325 e. The summed E-state index contributed by atoms with van der Waals surface area (Å²) in [5, 5.41) is 8.52. The highest BCUT2D eigenvalue weighted by atomic mass is 35.5. The van der Waals surface area contributed by atoms with Gasteiger partial charge in [0.15, 0.2) is 5.65 Å². The number of amides is 1. The lowest BCUT2D eigenvalue weighted by Crippen LogP contribution is -2.27. The SMILES string of the molecule is O=C(CSc1ncnc2c1cnn2-c1ccccc1Cl)Nc1c[nH]c(=O)[nH]c1=O. The van der Waals surface area contributed by atoms with Crippen molar-refractivity contribution in [2.24, 2.45) is 0 Å². The van der Waals surface area contributed by atoms with Crippen LogP contribution in [0.15, 0.2) is 57.6 Å². The Kier molecular flexibility index (Phi) is 5.14. The van der Waals surface area contributed by atoms with Crippen LogP contribution in [-0.4, -0.2) is 41.4 Å². The van der Waals surface area contributed by atoms with Crippen molar-refractivity contribution in [2.45, 2.75) is 5.03 Å². The second-order valence-corrected chi connectivity index (χ2v) is 7.12. The summed E-state index contributed by atoms with van der Waals surface area (Å²) in [6, 6.07) is 7.23. The lowest BCUT2D eigenvalue weighted by molar-refractivity contribution is -0.113. The summed E-state index contributed by atoms with van der Waals surface area (Å²) in [5.41, 5.74) is -0.157. The third kappa shape index (κ3) is 3.91. The van der Waals surface area contributed by atoms with Gasteiger partial charge in [-0.3, -0.25) is 14.6 Å². The molecule has 4 rings (SSSR count). The fourth-order valence-electron chi connectivity index (χ4n) is 2.56. The summed E-state index contributed by atoms with van der Waals surface area (Å²) < 4.78 is 1.60. The van der Waals surface area contributed by atoms with E-state index in [-0.39, 0.29) is 11.4 Å². The highest BCUT2D eigenvalue weighted by Crippen LogP contribution is 2.28. The average molecular weight is 430 g/mol. The number of aromatic amines is 2. The van der Waals surface area contributed by atoms with Crippen LogP contribution in [0.2, 0.25) is 5.02 Å². The van der Waals surface area contributed by atoms with Crippen molar-refractivity contribution in [3.8, 4) is 5.69 Å². The predicted octanol–water partition coefficient (Wildman–Crippen LogP) is 1.58. The number of halogens is 1. The van der Waals surface area contributed by atoms with E-state index in [1.165, 1.54) is 18.1 Å². The fraction of sp³-hybridized carbons (Fsp3) is 0.0588. The van der Waals surface area contributed by atoms with Gasteiger partial charge in [-0.1, -0.05) is 35.5 Å². The van der Waals surface area contributed by atoms with Crippen LogP contribution in [0.1, 0.15) is 0 Å². The Balaban J connectivity index is 1.54. The highest BCUT2D eigenvalue weighted by molar-refractivity contribution is 8.00. The molecule has 1 aromatic carbocycles. The minimum Gasteiger partial charge on any atom is -0.320 e. The summed E-state index contributed by atoms with van der Waals surface area (Å²) in [5.74, 6) is -0.445. The van der Waals surface area contributed by atoms with Gasteiger partial charge < -0.3 is 10.3 Å². The van der Waals surface area contributed by atoms with Crippen LogP contribution in [0.3, 0.4) is 0 Å². The van der Waals surface area contributed by atoms with E-state index in [2.05, 4.69) is 25.4 Å². The molecule has 146 valence electrons. The summed E-state index contributed by atoms with van der Waals surface area (Å²) in [7, 11) is 0. The maximum absolute atomic E-state index is 12.2. The first-order valence-electron chi connectivity index (χ1n) is 8.21. The minimum atomic E-state index is -0.683. The molecule has 1 amide bonds. The van der Waals surface area contributed by atoms with Gasteiger partial charge >= 0.3 is 5.69 Å². The normalized spacial score (nSPS) is 10.9. The molecule has 0 aliphatic carbocycles. The smallest absolute Gasteiger partial charge is 0.320 e. The zero-order chi connectivity index (χ0) is 20.4. The van der Waals surface area contributed by atoms with Crippen molar-refractivity contribution in [1.82, 2.24) is 29.7 Å². The molecule has 29 heavy (non-hydrogen) atoms. The summed E-state index contributed by atoms with van der Waals surface area (Å²) in [6.45, 7) is 0. The lowest BCUT2D eigenvalue weighted by atomic mass is 10.3. The first-order chi connectivity index (χ1) is 14.0. The molecule has 12 heteroatoms. The molecule has 3 heterocycles. The molecule has 0 bridgehead atoms. The van der Waals surface area contributed by atoms with Crippen LogP contribution in [0.5, 0.6) is 0 Å². The molecular formula is C17H12ClN7O3S. The number of nitrogens with one attached hydrogen (secondary N) is 3. The van der Waals surface area contributed by atoms with Crippen molar-refractivity contribution in [3.05, 3.63) is 68.8 Å². The number of nitrogens with zero attached hydrogens (tertiary/aromatic N) is 4. The molecule has 0 spiro atoms. The number of rotatable bonds is 5. The number of H-pyrrole nitrogens is 2. The number of hydrogen-bond acceptors (Lipinski definition) is 7. The molecule has 0 saturated heterocycles. The first kappa shape index (κ1) is 18.9. The van der Waals surface area contributed by atoms with Crippen LogP contribution >= 0.6 is 23.4 Å². The first-order valence-corrected chi connectivity index (χ1v) is 9.57. The molecule has 10 nitrogen and oxygen atoms in total. The third-order valence-corrected chi connectivity index (χ3v) is 5.17.